The number of ether oxygens (including phenoxy) is 1. The second-order valence-corrected chi connectivity index (χ2v) is 4.82. The number of aromatic nitrogens is 1. The number of hydrogen-bond donors (Lipinski definition) is 0. The summed E-state index contributed by atoms with van der Waals surface area (Å²) in [6.07, 6.45) is 3.40. The summed E-state index contributed by atoms with van der Waals surface area (Å²) in [4.78, 5) is 5.86. The number of halogens is 2. The Morgan fingerprint density at radius 3 is 2.40 bits per heavy atom. The van der Waals surface area contributed by atoms with Gasteiger partial charge >= 0.3 is 0 Å². The van der Waals surface area contributed by atoms with E-state index in [4.69, 9.17) is 4.74 Å². The summed E-state index contributed by atoms with van der Waals surface area (Å²) in [5.41, 5.74) is 0.120. The molecule has 1 aliphatic rings. The number of likely N-dealkylation sites (tertiary alicyclic amines) is 1. The third kappa shape index (κ3) is 2.77. The fraction of sp³-hybridized carbons (Fsp3) is 0.267. The fourth-order valence-electron chi connectivity index (χ4n) is 2.24. The molecule has 2 aromatic rings. The van der Waals surface area contributed by atoms with Gasteiger partial charge in [-0.1, -0.05) is 6.07 Å². The Kier molecular flexibility index (Phi) is 3.60. The molecule has 20 heavy (non-hydrogen) atoms. The van der Waals surface area contributed by atoms with E-state index in [9.17, 15) is 8.78 Å². The van der Waals surface area contributed by atoms with E-state index in [0.29, 0.717) is 13.1 Å². The van der Waals surface area contributed by atoms with Crippen LogP contribution in [0, 0.1) is 11.6 Å². The van der Waals surface area contributed by atoms with Crippen molar-refractivity contribution in [3.05, 3.63) is 59.9 Å². The Bertz CT molecular complexity index is 565. The third-order valence-electron chi connectivity index (χ3n) is 3.32. The molecule has 5 heteroatoms. The van der Waals surface area contributed by atoms with E-state index in [0.717, 1.165) is 5.75 Å². The lowest BCUT2D eigenvalue weighted by Crippen LogP contribution is -2.53. The molecule has 104 valence electrons. The van der Waals surface area contributed by atoms with Gasteiger partial charge in [0.15, 0.2) is 0 Å². The number of benzene rings is 1. The highest BCUT2D eigenvalue weighted by atomic mass is 19.1. The Balaban J connectivity index is 1.54. The first kappa shape index (κ1) is 13.0. The summed E-state index contributed by atoms with van der Waals surface area (Å²) in [6, 6.07) is 7.52. The van der Waals surface area contributed by atoms with Crippen LogP contribution in [0.5, 0.6) is 5.75 Å². The van der Waals surface area contributed by atoms with E-state index >= 15 is 0 Å². The molecule has 0 N–H and O–H groups in total. The summed E-state index contributed by atoms with van der Waals surface area (Å²) in [7, 11) is 0. The highest BCUT2D eigenvalue weighted by Crippen LogP contribution is 2.21. The van der Waals surface area contributed by atoms with Crippen LogP contribution in [-0.2, 0) is 6.54 Å². The van der Waals surface area contributed by atoms with E-state index in [-0.39, 0.29) is 18.2 Å². The number of rotatable bonds is 4. The van der Waals surface area contributed by atoms with Gasteiger partial charge in [-0.15, -0.1) is 0 Å². The van der Waals surface area contributed by atoms with Crippen LogP contribution in [0.4, 0.5) is 8.78 Å². The van der Waals surface area contributed by atoms with E-state index < -0.39 is 11.6 Å². The predicted molar refractivity (Wildman–Crippen MR) is 70.3 cm³/mol. The molecule has 0 unspecified atom stereocenters. The molecule has 0 atom stereocenters. The topological polar surface area (TPSA) is 25.4 Å². The van der Waals surface area contributed by atoms with Gasteiger partial charge in [0, 0.05) is 37.6 Å². The van der Waals surface area contributed by atoms with Crippen molar-refractivity contribution in [2.45, 2.75) is 12.6 Å². The first-order valence-electron chi connectivity index (χ1n) is 6.44. The third-order valence-corrected chi connectivity index (χ3v) is 3.32. The fourth-order valence-corrected chi connectivity index (χ4v) is 2.24. The normalized spacial score (nSPS) is 15.9. The first-order chi connectivity index (χ1) is 9.72. The molecule has 0 aliphatic carbocycles. The Morgan fingerprint density at radius 2 is 1.75 bits per heavy atom. The molecule has 1 fully saturated rings. The monoisotopic (exact) mass is 276 g/mol. The van der Waals surface area contributed by atoms with Crippen LogP contribution in [0.1, 0.15) is 5.56 Å². The molecule has 0 bridgehead atoms. The Labute approximate surface area is 115 Å². The van der Waals surface area contributed by atoms with Gasteiger partial charge in [0.25, 0.3) is 0 Å². The van der Waals surface area contributed by atoms with Gasteiger partial charge in [-0.2, -0.15) is 0 Å². The van der Waals surface area contributed by atoms with Crippen molar-refractivity contribution in [1.82, 2.24) is 9.88 Å². The molecule has 3 nitrogen and oxygen atoms in total. The smallest absolute Gasteiger partial charge is 0.130 e. The number of hydrogen-bond acceptors (Lipinski definition) is 3. The van der Waals surface area contributed by atoms with E-state index in [2.05, 4.69) is 4.98 Å². The Hall–Kier alpha value is -2.01. The van der Waals surface area contributed by atoms with Gasteiger partial charge in [0.05, 0.1) is 0 Å². The van der Waals surface area contributed by atoms with Crippen molar-refractivity contribution < 1.29 is 13.5 Å². The average molecular weight is 276 g/mol. The summed E-state index contributed by atoms with van der Waals surface area (Å²) in [6.45, 7) is 1.60. The zero-order chi connectivity index (χ0) is 13.9. The molecule has 1 aromatic carbocycles. The lowest BCUT2D eigenvalue weighted by Gasteiger charge is -2.39. The summed E-state index contributed by atoms with van der Waals surface area (Å²) >= 11 is 0. The highest BCUT2D eigenvalue weighted by molar-refractivity contribution is 5.21. The van der Waals surface area contributed by atoms with E-state index in [1.54, 1.807) is 24.5 Å². The van der Waals surface area contributed by atoms with Crippen LogP contribution in [0.15, 0.2) is 42.7 Å². The molecule has 2 heterocycles. The van der Waals surface area contributed by atoms with Crippen molar-refractivity contribution in [2.75, 3.05) is 13.1 Å². The SMILES string of the molecule is Fc1cccc(F)c1CN1CC(Oc2ccncc2)C1. The lowest BCUT2D eigenvalue weighted by molar-refractivity contribution is 0.0132. The molecule has 1 saturated heterocycles. The predicted octanol–water partition coefficient (Wildman–Crippen LogP) is 2.62. The van der Waals surface area contributed by atoms with Gasteiger partial charge in [-0.25, -0.2) is 8.78 Å². The second-order valence-electron chi connectivity index (χ2n) is 4.82. The first-order valence-corrected chi connectivity index (χ1v) is 6.44. The maximum absolute atomic E-state index is 13.5. The minimum atomic E-state index is -0.497. The molecule has 3 rings (SSSR count). The largest absolute Gasteiger partial charge is 0.488 e. The molecule has 0 saturated carbocycles. The highest BCUT2D eigenvalue weighted by Gasteiger charge is 2.29. The molecule has 1 aliphatic heterocycles. The molecular formula is C15H14F2N2O. The van der Waals surface area contributed by atoms with Crippen LogP contribution in [0.3, 0.4) is 0 Å². The zero-order valence-electron chi connectivity index (χ0n) is 10.8. The van der Waals surface area contributed by atoms with Crippen LogP contribution in [0.2, 0.25) is 0 Å². The second kappa shape index (κ2) is 5.54. The van der Waals surface area contributed by atoms with Crippen LogP contribution in [-0.4, -0.2) is 29.1 Å². The van der Waals surface area contributed by atoms with Gasteiger partial charge in [0.1, 0.15) is 23.5 Å². The molecular weight excluding hydrogens is 262 g/mol. The van der Waals surface area contributed by atoms with E-state index in [1.807, 2.05) is 4.90 Å². The van der Waals surface area contributed by atoms with Crippen LogP contribution < -0.4 is 4.74 Å². The van der Waals surface area contributed by atoms with Crippen molar-refractivity contribution in [3.8, 4) is 5.75 Å². The maximum Gasteiger partial charge on any atom is 0.130 e. The summed E-state index contributed by atoms with van der Waals surface area (Å²) in [5.74, 6) is -0.228. The Morgan fingerprint density at radius 1 is 1.10 bits per heavy atom. The van der Waals surface area contributed by atoms with Crippen LogP contribution >= 0.6 is 0 Å². The van der Waals surface area contributed by atoms with Gasteiger partial charge in [-0.3, -0.25) is 9.88 Å². The minimum absolute atomic E-state index is 0.0623. The van der Waals surface area contributed by atoms with Gasteiger partial charge in [-0.05, 0) is 24.3 Å². The zero-order valence-corrected chi connectivity index (χ0v) is 10.8. The lowest BCUT2D eigenvalue weighted by atomic mass is 10.1. The summed E-state index contributed by atoms with van der Waals surface area (Å²) in [5, 5.41) is 0. The molecule has 0 amide bonds. The molecule has 1 aromatic heterocycles. The van der Waals surface area contributed by atoms with Crippen molar-refractivity contribution >= 4 is 0 Å². The maximum atomic E-state index is 13.5. The van der Waals surface area contributed by atoms with Crippen LogP contribution in [0.25, 0.3) is 0 Å². The van der Waals surface area contributed by atoms with Crippen molar-refractivity contribution in [1.29, 1.82) is 0 Å². The number of pyridine rings is 1. The molecule has 0 spiro atoms. The number of nitrogens with zero attached hydrogens (tertiary/aromatic N) is 2. The quantitative estimate of drug-likeness (QED) is 0.858. The minimum Gasteiger partial charge on any atom is -0.488 e. The summed E-state index contributed by atoms with van der Waals surface area (Å²) < 4.78 is 32.7. The van der Waals surface area contributed by atoms with E-state index in [1.165, 1.54) is 18.2 Å². The van der Waals surface area contributed by atoms with Gasteiger partial charge in [0.2, 0.25) is 0 Å². The van der Waals surface area contributed by atoms with Crippen molar-refractivity contribution in [3.63, 3.8) is 0 Å². The standard InChI is InChI=1S/C15H14F2N2O/c16-14-2-1-3-15(17)13(14)10-19-8-12(9-19)20-11-4-6-18-7-5-11/h1-7,12H,8-10H2. The van der Waals surface area contributed by atoms with Gasteiger partial charge < -0.3 is 4.74 Å². The molecule has 0 radical (unpaired) electrons. The average Bonchev–Trinajstić information content (AvgIpc) is 2.41. The van der Waals surface area contributed by atoms with Crippen molar-refractivity contribution in [2.24, 2.45) is 0 Å².